The number of anilines is 1. The summed E-state index contributed by atoms with van der Waals surface area (Å²) in [4.78, 5) is 11.2. The summed E-state index contributed by atoms with van der Waals surface area (Å²) in [6, 6.07) is 0. The first-order valence-electron chi connectivity index (χ1n) is 6.39. The molecule has 0 aromatic carbocycles. The van der Waals surface area contributed by atoms with E-state index < -0.39 is 0 Å². The molecule has 0 atom stereocenters. The van der Waals surface area contributed by atoms with E-state index in [1.165, 1.54) is 24.8 Å². The molecule has 0 aliphatic carbocycles. The van der Waals surface area contributed by atoms with E-state index in [1.54, 1.807) is 0 Å². The highest BCUT2D eigenvalue weighted by atomic mass is 15.2. The highest BCUT2D eigenvalue weighted by Crippen LogP contribution is 2.22. The van der Waals surface area contributed by atoms with Crippen molar-refractivity contribution in [3.8, 4) is 0 Å². The van der Waals surface area contributed by atoms with Crippen LogP contribution in [0.4, 0.5) is 5.95 Å². The molecule has 0 saturated carbocycles. The van der Waals surface area contributed by atoms with Gasteiger partial charge in [0.2, 0.25) is 5.95 Å². The first-order chi connectivity index (χ1) is 7.83. The maximum Gasteiger partial charge on any atom is 0.225 e. The van der Waals surface area contributed by atoms with E-state index >= 15 is 0 Å². The fourth-order valence-electron chi connectivity index (χ4n) is 2.24. The van der Waals surface area contributed by atoms with Crippen molar-refractivity contribution in [2.45, 2.75) is 39.5 Å². The van der Waals surface area contributed by atoms with Gasteiger partial charge in [0, 0.05) is 25.5 Å². The number of aryl methyl sites for hydroxylation is 1. The molecule has 0 spiro atoms. The summed E-state index contributed by atoms with van der Waals surface area (Å²) in [6.07, 6.45) is 8.80. The predicted molar refractivity (Wildman–Crippen MR) is 66.6 cm³/mol. The molecule has 1 aliphatic heterocycles. The van der Waals surface area contributed by atoms with Crippen molar-refractivity contribution >= 4 is 5.95 Å². The van der Waals surface area contributed by atoms with E-state index in [2.05, 4.69) is 28.7 Å². The Hall–Kier alpha value is -1.12. The van der Waals surface area contributed by atoms with Crippen LogP contribution in [-0.2, 0) is 6.42 Å². The van der Waals surface area contributed by atoms with Crippen LogP contribution < -0.4 is 4.90 Å². The van der Waals surface area contributed by atoms with E-state index in [0.717, 1.165) is 31.4 Å². The van der Waals surface area contributed by atoms with Crippen LogP contribution in [0.3, 0.4) is 0 Å². The molecule has 0 unspecified atom stereocenters. The largest absolute Gasteiger partial charge is 0.341 e. The number of hydrogen-bond donors (Lipinski definition) is 0. The van der Waals surface area contributed by atoms with Gasteiger partial charge >= 0.3 is 0 Å². The lowest BCUT2D eigenvalue weighted by atomic mass is 9.95. The van der Waals surface area contributed by atoms with Gasteiger partial charge in [-0.3, -0.25) is 0 Å². The zero-order valence-electron chi connectivity index (χ0n) is 10.3. The second-order valence-corrected chi connectivity index (χ2v) is 4.58. The number of rotatable bonds is 3. The Bertz CT molecular complexity index is 312. The molecule has 1 saturated heterocycles. The van der Waals surface area contributed by atoms with Gasteiger partial charge in [-0.1, -0.05) is 20.3 Å². The fraction of sp³-hybridized carbons (Fsp3) is 0.692. The van der Waals surface area contributed by atoms with E-state index in [4.69, 9.17) is 0 Å². The second-order valence-electron chi connectivity index (χ2n) is 4.58. The molecule has 88 valence electrons. The maximum absolute atomic E-state index is 4.44. The molecule has 0 radical (unpaired) electrons. The third-order valence-electron chi connectivity index (χ3n) is 3.57. The Kier molecular flexibility index (Phi) is 3.75. The van der Waals surface area contributed by atoms with Gasteiger partial charge in [-0.2, -0.15) is 0 Å². The van der Waals surface area contributed by atoms with Crippen LogP contribution in [0, 0.1) is 5.92 Å². The molecule has 2 rings (SSSR count). The van der Waals surface area contributed by atoms with E-state index in [-0.39, 0.29) is 0 Å². The fourth-order valence-corrected chi connectivity index (χ4v) is 2.24. The molecule has 0 N–H and O–H groups in total. The highest BCUT2D eigenvalue weighted by Gasteiger charge is 2.19. The lowest BCUT2D eigenvalue weighted by Gasteiger charge is -2.31. The standard InChI is InChI=1S/C13H21N3/c1-3-11-5-7-16(8-6-11)13-14-9-12(4-2)10-15-13/h9-11H,3-8H2,1-2H3. The van der Waals surface area contributed by atoms with Crippen molar-refractivity contribution in [2.75, 3.05) is 18.0 Å². The van der Waals surface area contributed by atoms with Crippen molar-refractivity contribution in [2.24, 2.45) is 5.92 Å². The minimum absolute atomic E-state index is 0.908. The van der Waals surface area contributed by atoms with Crippen LogP contribution in [-0.4, -0.2) is 23.1 Å². The molecule has 0 amide bonds. The SMILES string of the molecule is CCc1cnc(N2CCC(CC)CC2)nc1. The molecule has 2 heterocycles. The zero-order chi connectivity index (χ0) is 11.4. The zero-order valence-corrected chi connectivity index (χ0v) is 10.3. The summed E-state index contributed by atoms with van der Waals surface area (Å²) < 4.78 is 0. The molecule has 3 heteroatoms. The van der Waals surface area contributed by atoms with Crippen LogP contribution in [0.1, 0.15) is 38.7 Å². The Balaban J connectivity index is 1.97. The summed E-state index contributed by atoms with van der Waals surface area (Å²) in [5.41, 5.74) is 1.21. The van der Waals surface area contributed by atoms with E-state index in [1.807, 2.05) is 12.4 Å². The molecule has 3 nitrogen and oxygen atoms in total. The maximum atomic E-state index is 4.44. The lowest BCUT2D eigenvalue weighted by molar-refractivity contribution is 0.392. The van der Waals surface area contributed by atoms with Crippen molar-refractivity contribution in [1.29, 1.82) is 0 Å². The van der Waals surface area contributed by atoms with Gasteiger partial charge in [0.15, 0.2) is 0 Å². The summed E-state index contributed by atoms with van der Waals surface area (Å²) >= 11 is 0. The van der Waals surface area contributed by atoms with Gasteiger partial charge in [-0.25, -0.2) is 9.97 Å². The lowest BCUT2D eigenvalue weighted by Crippen LogP contribution is -2.34. The number of piperidine rings is 1. The summed E-state index contributed by atoms with van der Waals surface area (Å²) in [5, 5.41) is 0. The van der Waals surface area contributed by atoms with Gasteiger partial charge in [-0.05, 0) is 30.7 Å². The summed E-state index contributed by atoms with van der Waals surface area (Å²) in [6.45, 7) is 6.64. The van der Waals surface area contributed by atoms with Crippen LogP contribution in [0.5, 0.6) is 0 Å². The Morgan fingerprint density at radius 1 is 1.19 bits per heavy atom. The molecule has 16 heavy (non-hydrogen) atoms. The first-order valence-corrected chi connectivity index (χ1v) is 6.39. The van der Waals surface area contributed by atoms with Gasteiger partial charge in [0.1, 0.15) is 0 Å². The molecule has 1 aromatic rings. The average Bonchev–Trinajstić information content (AvgIpc) is 2.39. The smallest absolute Gasteiger partial charge is 0.225 e. The Morgan fingerprint density at radius 2 is 1.81 bits per heavy atom. The molecular weight excluding hydrogens is 198 g/mol. The van der Waals surface area contributed by atoms with Crippen LogP contribution in [0.25, 0.3) is 0 Å². The van der Waals surface area contributed by atoms with E-state index in [0.29, 0.717) is 0 Å². The highest BCUT2D eigenvalue weighted by molar-refractivity contribution is 5.30. The monoisotopic (exact) mass is 219 g/mol. The molecule has 1 fully saturated rings. The van der Waals surface area contributed by atoms with E-state index in [9.17, 15) is 0 Å². The van der Waals surface area contributed by atoms with Crippen molar-refractivity contribution in [3.05, 3.63) is 18.0 Å². The van der Waals surface area contributed by atoms with Crippen molar-refractivity contribution in [3.63, 3.8) is 0 Å². The Morgan fingerprint density at radius 3 is 2.31 bits per heavy atom. The third kappa shape index (κ3) is 2.52. The van der Waals surface area contributed by atoms with Crippen LogP contribution in [0.2, 0.25) is 0 Å². The normalized spacial score (nSPS) is 17.8. The first kappa shape index (κ1) is 11.4. The molecule has 1 aromatic heterocycles. The number of nitrogens with zero attached hydrogens (tertiary/aromatic N) is 3. The predicted octanol–water partition coefficient (Wildman–Crippen LogP) is 2.67. The van der Waals surface area contributed by atoms with Crippen molar-refractivity contribution < 1.29 is 0 Å². The second kappa shape index (κ2) is 5.28. The summed E-state index contributed by atoms with van der Waals surface area (Å²) in [7, 11) is 0. The van der Waals surface area contributed by atoms with Crippen molar-refractivity contribution in [1.82, 2.24) is 9.97 Å². The van der Waals surface area contributed by atoms with Gasteiger partial charge in [0.05, 0.1) is 0 Å². The van der Waals surface area contributed by atoms with Gasteiger partial charge in [0.25, 0.3) is 0 Å². The molecule has 0 bridgehead atoms. The Labute approximate surface area is 97.9 Å². The molecule has 1 aliphatic rings. The van der Waals surface area contributed by atoms with Gasteiger partial charge in [-0.15, -0.1) is 0 Å². The third-order valence-corrected chi connectivity index (χ3v) is 3.57. The van der Waals surface area contributed by atoms with Gasteiger partial charge < -0.3 is 4.90 Å². The number of hydrogen-bond acceptors (Lipinski definition) is 3. The summed E-state index contributed by atoms with van der Waals surface area (Å²) in [5.74, 6) is 1.82. The number of aromatic nitrogens is 2. The topological polar surface area (TPSA) is 29.0 Å². The minimum atomic E-state index is 0.908. The quantitative estimate of drug-likeness (QED) is 0.782. The average molecular weight is 219 g/mol. The van der Waals surface area contributed by atoms with Crippen LogP contribution >= 0.6 is 0 Å². The minimum Gasteiger partial charge on any atom is -0.341 e. The molecular formula is C13H21N3. The van der Waals surface area contributed by atoms with Crippen LogP contribution in [0.15, 0.2) is 12.4 Å².